The van der Waals surface area contributed by atoms with Crippen LogP contribution in [-0.4, -0.2) is 32.5 Å². The highest BCUT2D eigenvalue weighted by molar-refractivity contribution is 7.91. The van der Waals surface area contributed by atoms with E-state index in [-0.39, 0.29) is 11.5 Å². The smallest absolute Gasteiger partial charge is 0.151 e. The third kappa shape index (κ3) is 5.38. The Bertz CT molecular complexity index is 303. The van der Waals surface area contributed by atoms with Gasteiger partial charge in [-0.3, -0.25) is 0 Å². The monoisotopic (exact) mass is 261 g/mol. The molecule has 1 fully saturated rings. The van der Waals surface area contributed by atoms with E-state index in [9.17, 15) is 8.42 Å². The Morgan fingerprint density at radius 1 is 1.18 bits per heavy atom. The molecule has 0 radical (unpaired) electrons. The fourth-order valence-corrected chi connectivity index (χ4v) is 3.27. The van der Waals surface area contributed by atoms with Crippen molar-refractivity contribution >= 4 is 9.84 Å². The van der Waals surface area contributed by atoms with Gasteiger partial charge in [0, 0.05) is 18.3 Å². The predicted octanol–water partition coefficient (Wildman–Crippen LogP) is 2.23. The molecule has 3 nitrogen and oxygen atoms in total. The zero-order chi connectivity index (χ0) is 12.9. The third-order valence-electron chi connectivity index (χ3n) is 4.00. The van der Waals surface area contributed by atoms with E-state index in [4.69, 9.17) is 0 Å². The van der Waals surface area contributed by atoms with E-state index in [1.165, 1.54) is 25.7 Å². The van der Waals surface area contributed by atoms with Gasteiger partial charge >= 0.3 is 0 Å². The second-order valence-electron chi connectivity index (χ2n) is 5.55. The molecule has 0 aromatic rings. The van der Waals surface area contributed by atoms with Crippen molar-refractivity contribution in [3.05, 3.63) is 0 Å². The van der Waals surface area contributed by atoms with Crippen molar-refractivity contribution in [2.75, 3.05) is 18.1 Å². The Kier molecular flexibility index (Phi) is 5.93. The van der Waals surface area contributed by atoms with Gasteiger partial charge < -0.3 is 5.32 Å². The first kappa shape index (κ1) is 15.0. The topological polar surface area (TPSA) is 46.2 Å². The third-order valence-corrected chi connectivity index (χ3v) is 5.71. The van der Waals surface area contributed by atoms with Crippen LogP contribution in [-0.2, 0) is 9.84 Å². The van der Waals surface area contributed by atoms with E-state index < -0.39 is 9.84 Å². The molecule has 0 amide bonds. The number of sulfone groups is 1. The van der Waals surface area contributed by atoms with Gasteiger partial charge in [-0.2, -0.15) is 0 Å². The molecule has 4 heteroatoms. The normalized spacial score (nSPS) is 26.4. The van der Waals surface area contributed by atoms with E-state index in [1.54, 1.807) is 6.92 Å². The van der Waals surface area contributed by atoms with Crippen molar-refractivity contribution in [1.82, 2.24) is 5.32 Å². The summed E-state index contributed by atoms with van der Waals surface area (Å²) in [6, 6.07) is 0.539. The van der Waals surface area contributed by atoms with E-state index in [0.29, 0.717) is 12.6 Å². The average molecular weight is 261 g/mol. The van der Waals surface area contributed by atoms with E-state index in [1.807, 2.05) is 0 Å². The molecule has 0 unspecified atom stereocenters. The zero-order valence-corrected chi connectivity index (χ0v) is 12.2. The second-order valence-corrected chi connectivity index (χ2v) is 8.02. The molecule has 1 aliphatic carbocycles. The maximum absolute atomic E-state index is 11.3. The van der Waals surface area contributed by atoms with Gasteiger partial charge in [0.25, 0.3) is 0 Å². The van der Waals surface area contributed by atoms with Crippen LogP contribution in [0.4, 0.5) is 0 Å². The van der Waals surface area contributed by atoms with Crippen molar-refractivity contribution in [2.24, 2.45) is 11.8 Å². The molecule has 0 aromatic heterocycles. The summed E-state index contributed by atoms with van der Waals surface area (Å²) in [5.74, 6) is 2.20. The van der Waals surface area contributed by atoms with E-state index in [0.717, 1.165) is 11.8 Å². The van der Waals surface area contributed by atoms with Crippen molar-refractivity contribution in [2.45, 2.75) is 52.5 Å². The molecule has 0 saturated heterocycles. The SMILES string of the molecule is CCS(=O)(=O)CCNC1CCC(C(C)C)CC1. The fraction of sp³-hybridized carbons (Fsp3) is 1.00. The number of hydrogen-bond donors (Lipinski definition) is 1. The molecule has 17 heavy (non-hydrogen) atoms. The van der Waals surface area contributed by atoms with Gasteiger partial charge in [0.1, 0.15) is 0 Å². The lowest BCUT2D eigenvalue weighted by Crippen LogP contribution is -2.37. The van der Waals surface area contributed by atoms with Crippen LogP contribution in [0.1, 0.15) is 46.5 Å². The van der Waals surface area contributed by atoms with Crippen LogP contribution in [0.5, 0.6) is 0 Å². The van der Waals surface area contributed by atoms with Crippen LogP contribution in [0.2, 0.25) is 0 Å². The van der Waals surface area contributed by atoms with Crippen molar-refractivity contribution in [3.63, 3.8) is 0 Å². The molecule has 1 saturated carbocycles. The highest BCUT2D eigenvalue weighted by Crippen LogP contribution is 2.29. The van der Waals surface area contributed by atoms with Crippen molar-refractivity contribution in [1.29, 1.82) is 0 Å². The summed E-state index contributed by atoms with van der Waals surface area (Å²) >= 11 is 0. The second kappa shape index (κ2) is 6.74. The summed E-state index contributed by atoms with van der Waals surface area (Å²) in [5, 5.41) is 3.39. The molecular weight excluding hydrogens is 234 g/mol. The van der Waals surface area contributed by atoms with Gasteiger partial charge in [-0.05, 0) is 37.5 Å². The van der Waals surface area contributed by atoms with Gasteiger partial charge in [-0.25, -0.2) is 8.42 Å². The summed E-state index contributed by atoms with van der Waals surface area (Å²) in [6.45, 7) is 6.93. The molecule has 1 rings (SSSR count). The maximum Gasteiger partial charge on any atom is 0.151 e. The van der Waals surface area contributed by atoms with Crippen LogP contribution in [0.3, 0.4) is 0 Å². The van der Waals surface area contributed by atoms with Crippen LogP contribution in [0.25, 0.3) is 0 Å². The summed E-state index contributed by atoms with van der Waals surface area (Å²) in [4.78, 5) is 0. The van der Waals surface area contributed by atoms with Gasteiger partial charge in [0.2, 0.25) is 0 Å². The van der Waals surface area contributed by atoms with Gasteiger partial charge in [-0.15, -0.1) is 0 Å². The van der Waals surface area contributed by atoms with Crippen LogP contribution in [0, 0.1) is 11.8 Å². The molecule has 0 atom stereocenters. The zero-order valence-electron chi connectivity index (χ0n) is 11.4. The standard InChI is InChI=1S/C13H27NO2S/c1-4-17(15,16)10-9-14-13-7-5-12(6-8-13)11(2)3/h11-14H,4-10H2,1-3H3. The summed E-state index contributed by atoms with van der Waals surface area (Å²) in [5.41, 5.74) is 0. The van der Waals surface area contributed by atoms with E-state index >= 15 is 0 Å². The lowest BCUT2D eigenvalue weighted by atomic mass is 9.80. The summed E-state index contributed by atoms with van der Waals surface area (Å²) < 4.78 is 22.7. The number of hydrogen-bond acceptors (Lipinski definition) is 3. The number of nitrogens with one attached hydrogen (secondary N) is 1. The minimum atomic E-state index is -2.81. The lowest BCUT2D eigenvalue weighted by Gasteiger charge is -2.31. The van der Waals surface area contributed by atoms with Gasteiger partial charge in [0.05, 0.1) is 5.75 Å². The molecule has 1 aliphatic rings. The molecule has 0 heterocycles. The Labute approximate surface area is 106 Å². The first-order valence-electron chi connectivity index (χ1n) is 6.88. The largest absolute Gasteiger partial charge is 0.313 e. The molecular formula is C13H27NO2S. The minimum Gasteiger partial charge on any atom is -0.313 e. The molecule has 0 aliphatic heterocycles. The summed E-state index contributed by atoms with van der Waals surface area (Å²) in [7, 11) is -2.81. The Morgan fingerprint density at radius 3 is 2.24 bits per heavy atom. The molecule has 102 valence electrons. The van der Waals surface area contributed by atoms with Crippen molar-refractivity contribution in [3.8, 4) is 0 Å². The lowest BCUT2D eigenvalue weighted by molar-refractivity contribution is 0.240. The Hall–Kier alpha value is -0.0900. The van der Waals surface area contributed by atoms with Crippen LogP contribution >= 0.6 is 0 Å². The molecule has 1 N–H and O–H groups in total. The minimum absolute atomic E-state index is 0.259. The molecule has 0 aromatic carbocycles. The average Bonchev–Trinajstić information content (AvgIpc) is 2.29. The highest BCUT2D eigenvalue weighted by atomic mass is 32.2. The Balaban J connectivity index is 2.19. The maximum atomic E-state index is 11.3. The molecule has 0 bridgehead atoms. The highest BCUT2D eigenvalue weighted by Gasteiger charge is 2.22. The first-order valence-corrected chi connectivity index (χ1v) is 8.70. The molecule has 0 spiro atoms. The fourth-order valence-electron chi connectivity index (χ4n) is 2.55. The number of rotatable bonds is 6. The first-order chi connectivity index (χ1) is 7.94. The quantitative estimate of drug-likeness (QED) is 0.797. The predicted molar refractivity (Wildman–Crippen MR) is 72.9 cm³/mol. The van der Waals surface area contributed by atoms with Crippen LogP contribution < -0.4 is 5.32 Å². The van der Waals surface area contributed by atoms with Gasteiger partial charge in [0.15, 0.2) is 9.84 Å². The van der Waals surface area contributed by atoms with Crippen molar-refractivity contribution < 1.29 is 8.42 Å². The van der Waals surface area contributed by atoms with Gasteiger partial charge in [-0.1, -0.05) is 20.8 Å². The van der Waals surface area contributed by atoms with Crippen LogP contribution in [0.15, 0.2) is 0 Å². The summed E-state index contributed by atoms with van der Waals surface area (Å²) in [6.07, 6.45) is 4.98. The van der Waals surface area contributed by atoms with E-state index in [2.05, 4.69) is 19.2 Å². The Morgan fingerprint density at radius 2 is 1.76 bits per heavy atom.